The van der Waals surface area contributed by atoms with E-state index >= 15 is 0 Å². The topological polar surface area (TPSA) is 48.0 Å². The van der Waals surface area contributed by atoms with Crippen molar-refractivity contribution >= 4 is 5.97 Å². The highest BCUT2D eigenvalue weighted by Gasteiger charge is 2.38. The minimum atomic E-state index is -0.158. The van der Waals surface area contributed by atoms with E-state index in [9.17, 15) is 4.79 Å². The Morgan fingerprint density at radius 1 is 1.15 bits per heavy atom. The molecular weight excluding hydrogens is 258 g/mol. The first-order valence-electron chi connectivity index (χ1n) is 6.59. The zero-order chi connectivity index (χ0) is 14.7. The van der Waals surface area contributed by atoms with Gasteiger partial charge in [-0.05, 0) is 24.7 Å². The molecule has 0 radical (unpaired) electrons. The fourth-order valence-corrected chi connectivity index (χ4v) is 2.81. The minimum absolute atomic E-state index is 0.118. The van der Waals surface area contributed by atoms with Gasteiger partial charge in [0.25, 0.3) is 0 Å². The summed E-state index contributed by atoms with van der Waals surface area (Å²) < 4.78 is 15.5. The molecule has 1 aliphatic heterocycles. The van der Waals surface area contributed by atoms with Crippen molar-refractivity contribution in [3.05, 3.63) is 23.8 Å². The maximum absolute atomic E-state index is 11.9. The molecule has 1 aromatic rings. The molecule has 1 heterocycles. The van der Waals surface area contributed by atoms with Crippen LogP contribution in [0.5, 0.6) is 11.5 Å². The lowest BCUT2D eigenvalue weighted by atomic mass is 9.89. The number of carbonyl (C=O) groups excluding carboxylic acids is 1. The van der Waals surface area contributed by atoms with Gasteiger partial charge in [0.2, 0.25) is 0 Å². The molecule has 0 bridgehead atoms. The van der Waals surface area contributed by atoms with Crippen LogP contribution in [0.3, 0.4) is 0 Å². The van der Waals surface area contributed by atoms with Gasteiger partial charge >= 0.3 is 5.97 Å². The van der Waals surface area contributed by atoms with Crippen LogP contribution in [0.1, 0.15) is 11.5 Å². The van der Waals surface area contributed by atoms with Gasteiger partial charge in [0.05, 0.1) is 27.2 Å². The molecule has 0 N–H and O–H groups in total. The Morgan fingerprint density at radius 2 is 1.85 bits per heavy atom. The lowest BCUT2D eigenvalue weighted by Gasteiger charge is -2.18. The van der Waals surface area contributed by atoms with Gasteiger partial charge in [-0.2, -0.15) is 0 Å². The standard InChI is InChI=1S/C15H21NO4/c1-16-8-11(12(9-16)15(17)20-4)10-5-6-13(18-2)14(7-10)19-3/h5-7,11-12H,8-9H2,1-4H3/t11-,12-/m1/s1. The molecule has 0 aromatic heterocycles. The van der Waals surface area contributed by atoms with Crippen molar-refractivity contribution in [3.8, 4) is 11.5 Å². The molecular formula is C15H21NO4. The first-order chi connectivity index (χ1) is 9.60. The van der Waals surface area contributed by atoms with Crippen LogP contribution < -0.4 is 9.47 Å². The number of likely N-dealkylation sites (tertiary alicyclic amines) is 1. The number of ether oxygens (including phenoxy) is 3. The van der Waals surface area contributed by atoms with Gasteiger partial charge in [0.1, 0.15) is 0 Å². The van der Waals surface area contributed by atoms with Crippen LogP contribution in [0.25, 0.3) is 0 Å². The molecule has 0 amide bonds. The van der Waals surface area contributed by atoms with E-state index in [-0.39, 0.29) is 17.8 Å². The Morgan fingerprint density at radius 3 is 2.45 bits per heavy atom. The summed E-state index contributed by atoms with van der Waals surface area (Å²) in [4.78, 5) is 14.1. The van der Waals surface area contributed by atoms with Crippen LogP contribution in [0.15, 0.2) is 18.2 Å². The second-order valence-corrected chi connectivity index (χ2v) is 5.07. The van der Waals surface area contributed by atoms with Crippen LogP contribution in [0.2, 0.25) is 0 Å². The molecule has 0 aliphatic carbocycles. The Kier molecular flexibility index (Phi) is 4.49. The van der Waals surface area contributed by atoms with Crippen molar-refractivity contribution in [3.63, 3.8) is 0 Å². The average molecular weight is 279 g/mol. The van der Waals surface area contributed by atoms with Gasteiger partial charge in [-0.25, -0.2) is 0 Å². The molecule has 1 fully saturated rings. The first-order valence-corrected chi connectivity index (χ1v) is 6.59. The van der Waals surface area contributed by atoms with Crippen molar-refractivity contribution in [1.82, 2.24) is 4.90 Å². The predicted molar refractivity (Wildman–Crippen MR) is 75.3 cm³/mol. The van der Waals surface area contributed by atoms with E-state index in [1.807, 2.05) is 25.2 Å². The molecule has 1 aliphatic rings. The molecule has 20 heavy (non-hydrogen) atoms. The third-order valence-corrected chi connectivity index (χ3v) is 3.84. The molecule has 1 saturated heterocycles. The lowest BCUT2D eigenvalue weighted by Crippen LogP contribution is -2.23. The Labute approximate surface area is 119 Å². The van der Waals surface area contributed by atoms with Crippen molar-refractivity contribution < 1.29 is 19.0 Å². The molecule has 110 valence electrons. The summed E-state index contributed by atoms with van der Waals surface area (Å²) in [5, 5.41) is 0. The highest BCUT2D eigenvalue weighted by atomic mass is 16.5. The Balaban J connectivity index is 2.31. The maximum atomic E-state index is 11.9. The van der Waals surface area contributed by atoms with E-state index in [1.54, 1.807) is 14.2 Å². The molecule has 2 rings (SSSR count). The summed E-state index contributed by atoms with van der Waals surface area (Å²) in [6, 6.07) is 5.81. The van der Waals surface area contributed by atoms with Gasteiger partial charge in [-0.15, -0.1) is 0 Å². The zero-order valence-electron chi connectivity index (χ0n) is 12.4. The summed E-state index contributed by atoms with van der Waals surface area (Å²) in [7, 11) is 6.67. The van der Waals surface area contributed by atoms with Crippen molar-refractivity contribution in [2.75, 3.05) is 41.5 Å². The highest BCUT2D eigenvalue weighted by Crippen LogP contribution is 2.37. The Bertz CT molecular complexity index is 489. The third kappa shape index (κ3) is 2.72. The lowest BCUT2D eigenvalue weighted by molar-refractivity contribution is -0.145. The number of esters is 1. The molecule has 0 saturated carbocycles. The maximum Gasteiger partial charge on any atom is 0.310 e. The second kappa shape index (κ2) is 6.13. The van der Waals surface area contributed by atoms with E-state index < -0.39 is 0 Å². The normalized spacial score (nSPS) is 22.6. The van der Waals surface area contributed by atoms with Crippen LogP contribution in [-0.2, 0) is 9.53 Å². The van der Waals surface area contributed by atoms with E-state index in [1.165, 1.54) is 7.11 Å². The fourth-order valence-electron chi connectivity index (χ4n) is 2.81. The predicted octanol–water partition coefficient (Wildman–Crippen LogP) is 1.52. The monoisotopic (exact) mass is 279 g/mol. The van der Waals surface area contributed by atoms with Gasteiger partial charge in [-0.1, -0.05) is 6.07 Å². The number of methoxy groups -OCH3 is 3. The van der Waals surface area contributed by atoms with Crippen molar-refractivity contribution in [1.29, 1.82) is 0 Å². The van der Waals surface area contributed by atoms with Gasteiger partial charge in [-0.3, -0.25) is 4.79 Å². The Hall–Kier alpha value is -1.75. The molecule has 5 nitrogen and oxygen atoms in total. The molecule has 5 heteroatoms. The summed E-state index contributed by atoms with van der Waals surface area (Å²) in [5.41, 5.74) is 1.07. The quantitative estimate of drug-likeness (QED) is 0.782. The van der Waals surface area contributed by atoms with Crippen LogP contribution >= 0.6 is 0 Å². The van der Waals surface area contributed by atoms with Crippen molar-refractivity contribution in [2.45, 2.75) is 5.92 Å². The zero-order valence-corrected chi connectivity index (χ0v) is 12.4. The second-order valence-electron chi connectivity index (χ2n) is 5.07. The fraction of sp³-hybridized carbons (Fsp3) is 0.533. The number of hydrogen-bond donors (Lipinski definition) is 0. The highest BCUT2D eigenvalue weighted by molar-refractivity contribution is 5.74. The number of rotatable bonds is 4. The van der Waals surface area contributed by atoms with Gasteiger partial charge in [0, 0.05) is 19.0 Å². The minimum Gasteiger partial charge on any atom is -0.493 e. The summed E-state index contributed by atoms with van der Waals surface area (Å²) in [5.74, 6) is 1.20. The average Bonchev–Trinajstić information content (AvgIpc) is 2.87. The summed E-state index contributed by atoms with van der Waals surface area (Å²) in [6.45, 7) is 1.54. The number of nitrogens with zero attached hydrogens (tertiary/aromatic N) is 1. The number of benzene rings is 1. The third-order valence-electron chi connectivity index (χ3n) is 3.84. The largest absolute Gasteiger partial charge is 0.493 e. The smallest absolute Gasteiger partial charge is 0.310 e. The number of carbonyl (C=O) groups is 1. The van der Waals surface area contributed by atoms with E-state index in [0.29, 0.717) is 18.0 Å². The van der Waals surface area contributed by atoms with E-state index in [4.69, 9.17) is 14.2 Å². The van der Waals surface area contributed by atoms with E-state index in [0.717, 1.165) is 12.1 Å². The van der Waals surface area contributed by atoms with Crippen molar-refractivity contribution in [2.24, 2.45) is 5.92 Å². The molecule has 0 spiro atoms. The first kappa shape index (κ1) is 14.7. The molecule has 1 aromatic carbocycles. The number of likely N-dealkylation sites (N-methyl/N-ethyl adjacent to an activating group) is 1. The SMILES string of the molecule is COC(=O)[C@@H]1CN(C)C[C@@H]1c1ccc(OC)c(OC)c1. The van der Waals surface area contributed by atoms with Gasteiger partial charge < -0.3 is 19.1 Å². The van der Waals surface area contributed by atoms with Crippen LogP contribution in [0, 0.1) is 5.92 Å². The number of hydrogen-bond acceptors (Lipinski definition) is 5. The molecule has 2 atom stereocenters. The van der Waals surface area contributed by atoms with Crippen LogP contribution in [0.4, 0.5) is 0 Å². The van der Waals surface area contributed by atoms with Gasteiger partial charge in [0.15, 0.2) is 11.5 Å². The summed E-state index contributed by atoms with van der Waals surface area (Å²) in [6.07, 6.45) is 0. The summed E-state index contributed by atoms with van der Waals surface area (Å²) >= 11 is 0. The molecule has 0 unspecified atom stereocenters. The van der Waals surface area contributed by atoms with Crippen LogP contribution in [-0.4, -0.2) is 52.3 Å². The van der Waals surface area contributed by atoms with E-state index in [2.05, 4.69) is 4.90 Å².